The Balaban J connectivity index is 1.93. The Bertz CT molecular complexity index is 915. The molecule has 0 bridgehead atoms. The lowest BCUT2D eigenvalue weighted by molar-refractivity contribution is -0.123. The van der Waals surface area contributed by atoms with Gasteiger partial charge in [0.1, 0.15) is 11.6 Å². The number of nitrogens with zero attached hydrogens (tertiary/aromatic N) is 1. The number of benzene rings is 1. The van der Waals surface area contributed by atoms with Gasteiger partial charge in [-0.25, -0.2) is 9.37 Å². The van der Waals surface area contributed by atoms with E-state index in [-0.39, 0.29) is 23.5 Å². The zero-order chi connectivity index (χ0) is 18.7. The number of carbonyl (C=O) groups excluding carboxylic acids is 2. The fourth-order valence-electron chi connectivity index (χ4n) is 2.62. The van der Waals surface area contributed by atoms with Crippen molar-refractivity contribution in [3.63, 3.8) is 0 Å². The number of anilines is 2. The molecule has 1 atom stereocenters. The second kappa shape index (κ2) is 7.69. The average Bonchev–Trinajstić information content (AvgIpc) is 2.60. The number of rotatable bonds is 5. The third-order valence-electron chi connectivity index (χ3n) is 3.82. The van der Waals surface area contributed by atoms with Gasteiger partial charge in [-0.1, -0.05) is 30.8 Å². The summed E-state index contributed by atoms with van der Waals surface area (Å²) in [6.07, 6.45) is 0.686. The van der Waals surface area contributed by atoms with Crippen molar-refractivity contribution in [1.29, 1.82) is 0 Å². The van der Waals surface area contributed by atoms with Gasteiger partial charge in [-0.15, -0.1) is 0 Å². The van der Waals surface area contributed by atoms with Gasteiger partial charge in [-0.2, -0.15) is 0 Å². The molecule has 0 spiro atoms. The van der Waals surface area contributed by atoms with Gasteiger partial charge >= 0.3 is 0 Å². The Kier molecular flexibility index (Phi) is 5.36. The molecule has 3 N–H and O–H groups in total. The van der Waals surface area contributed by atoms with Crippen molar-refractivity contribution in [3.05, 3.63) is 46.0 Å². The summed E-state index contributed by atoms with van der Waals surface area (Å²) < 4.78 is 13.8. The van der Waals surface area contributed by atoms with Crippen LogP contribution in [0.25, 0.3) is 0 Å². The Labute approximate surface area is 152 Å². The summed E-state index contributed by atoms with van der Waals surface area (Å²) in [5.74, 6) is -1.85. The number of hydrogen-bond donors (Lipinski definition) is 3. The Hall–Kier alpha value is -2.68. The molecule has 2 amide bonds. The minimum Gasteiger partial charge on any atom is -0.323 e. The maximum Gasteiger partial charge on any atom is 0.257 e. The Morgan fingerprint density at radius 3 is 2.88 bits per heavy atom. The molecule has 1 aliphatic heterocycles. The van der Waals surface area contributed by atoms with Gasteiger partial charge < -0.3 is 15.6 Å². The molecule has 0 saturated heterocycles. The van der Waals surface area contributed by atoms with Crippen LogP contribution in [0.5, 0.6) is 0 Å². The van der Waals surface area contributed by atoms with Crippen LogP contribution < -0.4 is 16.2 Å². The summed E-state index contributed by atoms with van der Waals surface area (Å²) in [4.78, 5) is 43.9. The molecule has 9 heteroatoms. The summed E-state index contributed by atoms with van der Waals surface area (Å²) in [6, 6.07) is 5.69. The molecule has 3 rings (SSSR count). The van der Waals surface area contributed by atoms with Crippen LogP contribution in [0.3, 0.4) is 0 Å². The maximum absolute atomic E-state index is 13.8. The second-order valence-corrected chi connectivity index (χ2v) is 6.84. The molecule has 0 saturated carbocycles. The number of H-pyrrole nitrogens is 1. The smallest absolute Gasteiger partial charge is 0.257 e. The number of aromatic nitrogens is 2. The van der Waals surface area contributed by atoms with E-state index in [0.29, 0.717) is 5.16 Å². The highest BCUT2D eigenvalue weighted by Gasteiger charge is 2.35. The van der Waals surface area contributed by atoms with E-state index >= 15 is 0 Å². The quantitative estimate of drug-likeness (QED) is 0.549. The first-order valence-corrected chi connectivity index (χ1v) is 9.10. The van der Waals surface area contributed by atoms with Crippen LogP contribution in [0.2, 0.25) is 0 Å². The van der Waals surface area contributed by atoms with Gasteiger partial charge in [-0.05, 0) is 18.6 Å². The normalized spacial score (nSPS) is 15.9. The molecular weight excluding hydrogens is 359 g/mol. The fourth-order valence-corrected chi connectivity index (χ4v) is 3.34. The van der Waals surface area contributed by atoms with Crippen LogP contribution in [0.1, 0.15) is 31.2 Å². The van der Waals surface area contributed by atoms with Crippen LogP contribution in [0.4, 0.5) is 15.9 Å². The molecule has 136 valence electrons. The number of halogens is 1. The minimum absolute atomic E-state index is 0.00968. The summed E-state index contributed by atoms with van der Waals surface area (Å²) in [7, 11) is 0. The van der Waals surface area contributed by atoms with E-state index in [4.69, 9.17) is 0 Å². The zero-order valence-electron chi connectivity index (χ0n) is 14.0. The molecule has 0 aliphatic carbocycles. The van der Waals surface area contributed by atoms with E-state index in [0.717, 1.165) is 12.2 Å². The van der Waals surface area contributed by atoms with Crippen molar-refractivity contribution in [1.82, 2.24) is 9.97 Å². The third kappa shape index (κ3) is 3.77. The molecule has 1 aliphatic rings. The molecular formula is C17H17FN4O3S. The van der Waals surface area contributed by atoms with E-state index in [9.17, 15) is 18.8 Å². The molecule has 7 nitrogen and oxygen atoms in total. The molecule has 0 unspecified atom stereocenters. The average molecular weight is 376 g/mol. The predicted octanol–water partition coefficient (Wildman–Crippen LogP) is 2.48. The van der Waals surface area contributed by atoms with E-state index in [1.165, 1.54) is 30.0 Å². The number of thioether (sulfide) groups is 1. The van der Waals surface area contributed by atoms with Crippen LogP contribution in [-0.4, -0.2) is 27.5 Å². The molecule has 0 radical (unpaired) electrons. The van der Waals surface area contributed by atoms with E-state index < -0.39 is 29.1 Å². The summed E-state index contributed by atoms with van der Waals surface area (Å²) in [6.45, 7) is 1.99. The zero-order valence-corrected chi connectivity index (χ0v) is 14.8. The van der Waals surface area contributed by atoms with Gasteiger partial charge in [0.05, 0.1) is 17.2 Å². The predicted molar refractivity (Wildman–Crippen MR) is 96.9 cm³/mol. The van der Waals surface area contributed by atoms with Gasteiger partial charge in [0.15, 0.2) is 5.16 Å². The molecule has 26 heavy (non-hydrogen) atoms. The van der Waals surface area contributed by atoms with Gasteiger partial charge in [0.25, 0.3) is 5.56 Å². The largest absolute Gasteiger partial charge is 0.323 e. The first-order chi connectivity index (χ1) is 12.5. The van der Waals surface area contributed by atoms with Crippen LogP contribution >= 0.6 is 11.8 Å². The number of carbonyl (C=O) groups is 2. The van der Waals surface area contributed by atoms with Gasteiger partial charge in [0.2, 0.25) is 11.8 Å². The number of nitrogens with one attached hydrogen (secondary N) is 3. The lowest BCUT2D eigenvalue weighted by atomic mass is 9.92. The van der Waals surface area contributed by atoms with E-state index in [1.54, 1.807) is 6.07 Å². The van der Waals surface area contributed by atoms with Crippen molar-refractivity contribution >= 4 is 35.1 Å². The van der Waals surface area contributed by atoms with Crippen LogP contribution in [-0.2, 0) is 9.59 Å². The SMILES string of the molecule is CCCSc1nc2c(c(=O)[nH]1)[C@@H](C(=O)Nc1ccccc1F)CC(=O)N2. The van der Waals surface area contributed by atoms with Gasteiger partial charge in [0, 0.05) is 12.2 Å². The van der Waals surface area contributed by atoms with Crippen LogP contribution in [0, 0.1) is 5.82 Å². The van der Waals surface area contributed by atoms with Crippen molar-refractivity contribution in [2.45, 2.75) is 30.8 Å². The van der Waals surface area contributed by atoms with Crippen molar-refractivity contribution in [2.24, 2.45) is 0 Å². The number of amides is 2. The molecule has 2 heterocycles. The number of para-hydroxylation sites is 1. The highest BCUT2D eigenvalue weighted by Crippen LogP contribution is 2.30. The summed E-state index contributed by atoms with van der Waals surface area (Å²) in [5.41, 5.74) is -0.411. The molecule has 1 aromatic heterocycles. The Morgan fingerprint density at radius 1 is 1.38 bits per heavy atom. The van der Waals surface area contributed by atoms with Crippen molar-refractivity contribution in [2.75, 3.05) is 16.4 Å². The Morgan fingerprint density at radius 2 is 2.15 bits per heavy atom. The lowest BCUT2D eigenvalue weighted by Crippen LogP contribution is -2.36. The minimum atomic E-state index is -1.04. The van der Waals surface area contributed by atoms with E-state index in [2.05, 4.69) is 20.6 Å². The summed E-state index contributed by atoms with van der Waals surface area (Å²) in [5, 5.41) is 5.36. The van der Waals surface area contributed by atoms with Crippen molar-refractivity contribution < 1.29 is 14.0 Å². The molecule has 2 aromatic rings. The van der Waals surface area contributed by atoms with Gasteiger partial charge in [-0.3, -0.25) is 14.4 Å². The van der Waals surface area contributed by atoms with Crippen molar-refractivity contribution in [3.8, 4) is 0 Å². The first-order valence-electron chi connectivity index (χ1n) is 8.11. The number of hydrogen-bond acceptors (Lipinski definition) is 5. The molecule has 0 fully saturated rings. The number of aromatic amines is 1. The maximum atomic E-state index is 13.8. The first kappa shape index (κ1) is 18.1. The second-order valence-electron chi connectivity index (χ2n) is 5.76. The summed E-state index contributed by atoms with van der Waals surface area (Å²) >= 11 is 1.35. The monoisotopic (exact) mass is 376 g/mol. The highest BCUT2D eigenvalue weighted by molar-refractivity contribution is 7.99. The third-order valence-corrected chi connectivity index (χ3v) is 4.90. The highest BCUT2D eigenvalue weighted by atomic mass is 32.2. The topological polar surface area (TPSA) is 104 Å². The number of fused-ring (bicyclic) bond motifs is 1. The lowest BCUT2D eigenvalue weighted by Gasteiger charge is -2.23. The molecule has 1 aromatic carbocycles. The van der Waals surface area contributed by atoms with E-state index in [1.807, 2.05) is 6.92 Å². The fraction of sp³-hybridized carbons (Fsp3) is 0.294. The van der Waals surface area contributed by atoms with Crippen LogP contribution in [0.15, 0.2) is 34.2 Å². The standard InChI is InChI=1S/C17H17FN4O3S/c1-2-7-26-17-21-14-13(16(25)22-17)9(8-12(23)20-14)15(24)19-11-6-4-3-5-10(11)18/h3-6,9H,2,7-8H2,1H3,(H,19,24)(H2,20,21,22,23,25)/t9-/m0/s1.